The van der Waals surface area contributed by atoms with Gasteiger partial charge in [0.1, 0.15) is 0 Å². The number of likely N-dealkylation sites (tertiary alicyclic amines) is 1. The number of carbonyl (C=O) groups is 2. The monoisotopic (exact) mass is 211 g/mol. The molecule has 0 bridgehead atoms. The molecule has 1 aliphatic heterocycles. The molecule has 0 aromatic heterocycles. The molecule has 0 unspecified atom stereocenters. The van der Waals surface area contributed by atoms with Gasteiger partial charge in [0.15, 0.2) is 0 Å². The molecule has 3 nitrogen and oxygen atoms in total. The van der Waals surface area contributed by atoms with Crippen molar-refractivity contribution in [2.45, 2.75) is 41.0 Å². The Hall–Kier alpha value is -0.860. The first-order chi connectivity index (χ1) is 6.74. The van der Waals surface area contributed by atoms with Crippen molar-refractivity contribution in [1.82, 2.24) is 4.90 Å². The summed E-state index contributed by atoms with van der Waals surface area (Å²) in [7, 11) is 0. The quantitative estimate of drug-likeness (QED) is 0.656. The highest BCUT2D eigenvalue weighted by atomic mass is 16.2. The van der Waals surface area contributed by atoms with Crippen LogP contribution in [0.3, 0.4) is 0 Å². The molecule has 2 amide bonds. The number of hydrogen-bond donors (Lipinski definition) is 0. The van der Waals surface area contributed by atoms with Crippen LogP contribution in [0.2, 0.25) is 0 Å². The van der Waals surface area contributed by atoms with Gasteiger partial charge in [-0.05, 0) is 11.8 Å². The first-order valence-corrected chi connectivity index (χ1v) is 5.59. The normalized spacial score (nSPS) is 27.7. The van der Waals surface area contributed by atoms with Crippen LogP contribution in [-0.4, -0.2) is 23.3 Å². The zero-order valence-corrected chi connectivity index (χ0v) is 10.3. The van der Waals surface area contributed by atoms with Crippen LogP contribution in [0.15, 0.2) is 0 Å². The minimum atomic E-state index is -0.141. The van der Waals surface area contributed by atoms with Crippen LogP contribution >= 0.6 is 0 Å². The highest BCUT2D eigenvalue weighted by Crippen LogP contribution is 2.27. The molecule has 1 saturated heterocycles. The van der Waals surface area contributed by atoms with Crippen LogP contribution < -0.4 is 0 Å². The second-order valence-electron chi connectivity index (χ2n) is 5.72. The Labute approximate surface area is 91.8 Å². The summed E-state index contributed by atoms with van der Waals surface area (Å²) in [5, 5.41) is 0. The molecule has 0 N–H and O–H groups in total. The summed E-state index contributed by atoms with van der Waals surface area (Å²) >= 11 is 0. The van der Waals surface area contributed by atoms with E-state index in [1.165, 1.54) is 4.90 Å². The number of amides is 2. The fourth-order valence-corrected chi connectivity index (χ4v) is 1.70. The minimum absolute atomic E-state index is 0.00301. The summed E-state index contributed by atoms with van der Waals surface area (Å²) in [5.74, 6) is -0.288. The topological polar surface area (TPSA) is 37.4 Å². The molecule has 1 heterocycles. The van der Waals surface area contributed by atoms with Crippen LogP contribution in [0.1, 0.15) is 41.0 Å². The largest absolute Gasteiger partial charge is 0.282 e. The molecular weight excluding hydrogens is 190 g/mol. The van der Waals surface area contributed by atoms with Gasteiger partial charge < -0.3 is 0 Å². The molecule has 2 atom stereocenters. The Balaban J connectivity index is 2.64. The molecule has 1 aliphatic rings. The number of hydrogen-bond acceptors (Lipinski definition) is 2. The SMILES string of the molecule is C[C@@H]1C(=O)N(CCC(C)(C)C)C(=O)[C@H]1C. The summed E-state index contributed by atoms with van der Waals surface area (Å²) in [4.78, 5) is 24.9. The highest BCUT2D eigenvalue weighted by molar-refractivity contribution is 6.04. The van der Waals surface area contributed by atoms with E-state index in [4.69, 9.17) is 0 Å². The van der Waals surface area contributed by atoms with Crippen LogP contribution in [0, 0.1) is 17.3 Å². The number of carbonyl (C=O) groups excluding carboxylic acids is 2. The molecule has 0 aromatic carbocycles. The van der Waals surface area contributed by atoms with Gasteiger partial charge in [-0.3, -0.25) is 14.5 Å². The van der Waals surface area contributed by atoms with E-state index >= 15 is 0 Å². The van der Waals surface area contributed by atoms with Gasteiger partial charge in [-0.2, -0.15) is 0 Å². The highest BCUT2D eigenvalue weighted by Gasteiger charge is 2.41. The van der Waals surface area contributed by atoms with Gasteiger partial charge in [0.2, 0.25) is 11.8 Å². The Kier molecular flexibility index (Phi) is 3.22. The van der Waals surface area contributed by atoms with Crippen LogP contribution in [0.5, 0.6) is 0 Å². The second kappa shape index (κ2) is 3.95. The van der Waals surface area contributed by atoms with Crippen molar-refractivity contribution in [2.24, 2.45) is 17.3 Å². The fourth-order valence-electron chi connectivity index (χ4n) is 1.70. The lowest BCUT2D eigenvalue weighted by Crippen LogP contribution is -2.33. The summed E-state index contributed by atoms with van der Waals surface area (Å²) in [6.45, 7) is 10.6. The number of rotatable bonds is 2. The maximum Gasteiger partial charge on any atom is 0.232 e. The van der Waals surface area contributed by atoms with Gasteiger partial charge in [0, 0.05) is 18.4 Å². The molecule has 0 spiro atoms. The fraction of sp³-hybridized carbons (Fsp3) is 0.833. The molecule has 0 aromatic rings. The number of nitrogens with zero attached hydrogens (tertiary/aromatic N) is 1. The molecular formula is C12H21NO2. The Morgan fingerprint density at radius 2 is 1.47 bits per heavy atom. The van der Waals surface area contributed by atoms with Crippen molar-refractivity contribution in [3.63, 3.8) is 0 Å². The van der Waals surface area contributed by atoms with E-state index < -0.39 is 0 Å². The average Bonchev–Trinajstić information content (AvgIpc) is 2.28. The molecule has 15 heavy (non-hydrogen) atoms. The Bertz CT molecular complexity index is 258. The molecule has 0 radical (unpaired) electrons. The lowest BCUT2D eigenvalue weighted by atomic mass is 9.92. The minimum Gasteiger partial charge on any atom is -0.282 e. The van der Waals surface area contributed by atoms with Gasteiger partial charge in [-0.1, -0.05) is 34.6 Å². The van der Waals surface area contributed by atoms with E-state index in [0.717, 1.165) is 6.42 Å². The summed E-state index contributed by atoms with van der Waals surface area (Å²) < 4.78 is 0. The van der Waals surface area contributed by atoms with E-state index in [1.807, 2.05) is 13.8 Å². The van der Waals surface area contributed by atoms with Gasteiger partial charge in [0.25, 0.3) is 0 Å². The van der Waals surface area contributed by atoms with Gasteiger partial charge >= 0.3 is 0 Å². The third kappa shape index (κ3) is 2.58. The predicted octanol–water partition coefficient (Wildman–Crippen LogP) is 2.06. The van der Waals surface area contributed by atoms with Crippen LogP contribution in [-0.2, 0) is 9.59 Å². The molecule has 0 aliphatic carbocycles. The van der Waals surface area contributed by atoms with Crippen molar-refractivity contribution in [3.05, 3.63) is 0 Å². The van der Waals surface area contributed by atoms with E-state index in [-0.39, 0.29) is 29.1 Å². The van der Waals surface area contributed by atoms with Crippen LogP contribution in [0.25, 0.3) is 0 Å². The number of imide groups is 1. The Morgan fingerprint density at radius 1 is 1.07 bits per heavy atom. The van der Waals surface area contributed by atoms with Gasteiger partial charge in [-0.15, -0.1) is 0 Å². The standard InChI is InChI=1S/C12H21NO2/c1-8-9(2)11(15)13(10(8)14)7-6-12(3,4)5/h8-9H,6-7H2,1-5H3/t8-,9-/m0/s1. The zero-order valence-electron chi connectivity index (χ0n) is 10.3. The van der Waals surface area contributed by atoms with Crippen molar-refractivity contribution in [3.8, 4) is 0 Å². The van der Waals surface area contributed by atoms with E-state index in [0.29, 0.717) is 6.54 Å². The second-order valence-corrected chi connectivity index (χ2v) is 5.72. The van der Waals surface area contributed by atoms with Crippen molar-refractivity contribution in [1.29, 1.82) is 0 Å². The Morgan fingerprint density at radius 3 is 1.80 bits per heavy atom. The first-order valence-electron chi connectivity index (χ1n) is 5.59. The zero-order chi connectivity index (χ0) is 11.8. The van der Waals surface area contributed by atoms with E-state index in [1.54, 1.807) is 0 Å². The van der Waals surface area contributed by atoms with Crippen molar-refractivity contribution in [2.75, 3.05) is 6.54 Å². The lowest BCUT2D eigenvalue weighted by molar-refractivity contribution is -0.140. The first kappa shape index (κ1) is 12.2. The third-order valence-electron chi connectivity index (χ3n) is 3.15. The summed E-state index contributed by atoms with van der Waals surface area (Å²) in [5.41, 5.74) is 0.162. The third-order valence-corrected chi connectivity index (χ3v) is 3.15. The molecule has 1 fully saturated rings. The smallest absolute Gasteiger partial charge is 0.232 e. The van der Waals surface area contributed by atoms with Gasteiger partial charge in [-0.25, -0.2) is 0 Å². The van der Waals surface area contributed by atoms with E-state index in [2.05, 4.69) is 20.8 Å². The van der Waals surface area contributed by atoms with Crippen molar-refractivity contribution < 1.29 is 9.59 Å². The van der Waals surface area contributed by atoms with Gasteiger partial charge in [0.05, 0.1) is 0 Å². The van der Waals surface area contributed by atoms with Crippen molar-refractivity contribution >= 4 is 11.8 Å². The van der Waals surface area contributed by atoms with Crippen LogP contribution in [0.4, 0.5) is 0 Å². The summed E-state index contributed by atoms with van der Waals surface area (Å²) in [6.07, 6.45) is 0.865. The predicted molar refractivity (Wildman–Crippen MR) is 59.1 cm³/mol. The van der Waals surface area contributed by atoms with E-state index in [9.17, 15) is 9.59 Å². The maximum absolute atomic E-state index is 11.7. The molecule has 0 saturated carbocycles. The average molecular weight is 211 g/mol. The maximum atomic E-state index is 11.7. The summed E-state index contributed by atoms with van der Waals surface area (Å²) in [6, 6.07) is 0. The lowest BCUT2D eigenvalue weighted by Gasteiger charge is -2.22. The molecule has 1 rings (SSSR count). The molecule has 3 heteroatoms. The molecule has 86 valence electrons.